The molecule has 1 N–H and O–H groups in total. The van der Waals surface area contributed by atoms with Gasteiger partial charge in [-0.25, -0.2) is 8.42 Å². The largest absolute Gasteiger partial charge is 0.348 e. The molecule has 0 spiro atoms. The van der Waals surface area contributed by atoms with Gasteiger partial charge in [0.25, 0.3) is 0 Å². The predicted octanol–water partition coefficient (Wildman–Crippen LogP) is 4.59. The Hall–Kier alpha value is -1.76. The second kappa shape index (κ2) is 9.16. The van der Waals surface area contributed by atoms with E-state index < -0.39 is 22.0 Å². The molecule has 0 saturated heterocycles. The van der Waals surface area contributed by atoms with Crippen LogP contribution in [0.1, 0.15) is 37.9 Å². The molecule has 0 aliphatic heterocycles. The summed E-state index contributed by atoms with van der Waals surface area (Å²) in [5, 5.41) is 3.39. The summed E-state index contributed by atoms with van der Waals surface area (Å²) in [5.74, 6) is -0.437. The molecule has 5 nitrogen and oxygen atoms in total. The number of sulfonamides is 1. The van der Waals surface area contributed by atoms with E-state index in [1.54, 1.807) is 6.07 Å². The van der Waals surface area contributed by atoms with Gasteiger partial charge >= 0.3 is 0 Å². The molecule has 2 aromatic rings. The van der Waals surface area contributed by atoms with Gasteiger partial charge in [-0.15, -0.1) is 0 Å². The van der Waals surface area contributed by atoms with Crippen LogP contribution in [0, 0.1) is 0 Å². The van der Waals surface area contributed by atoms with Gasteiger partial charge in [-0.1, -0.05) is 54.4 Å². The Morgan fingerprint density at radius 3 is 2.25 bits per heavy atom. The maximum absolute atomic E-state index is 12.8. The van der Waals surface area contributed by atoms with Crippen LogP contribution < -0.4 is 9.62 Å². The lowest BCUT2D eigenvalue weighted by Gasteiger charge is -2.30. The third-order valence-corrected chi connectivity index (χ3v) is 6.26. The summed E-state index contributed by atoms with van der Waals surface area (Å²) in [6.45, 7) is 5.44. The van der Waals surface area contributed by atoms with Gasteiger partial charge < -0.3 is 5.32 Å². The van der Waals surface area contributed by atoms with Crippen molar-refractivity contribution in [3.05, 3.63) is 63.6 Å². The smallest absolute Gasteiger partial charge is 0.244 e. The van der Waals surface area contributed by atoms with Gasteiger partial charge in [0.15, 0.2) is 0 Å². The molecule has 1 amide bonds. The van der Waals surface area contributed by atoms with E-state index in [4.69, 9.17) is 23.2 Å². The van der Waals surface area contributed by atoms with Crippen molar-refractivity contribution in [2.75, 3.05) is 10.6 Å². The van der Waals surface area contributed by atoms with E-state index in [1.165, 1.54) is 24.6 Å². The Morgan fingerprint density at radius 1 is 1.11 bits per heavy atom. The number of hydrogen-bond acceptors (Lipinski definition) is 3. The highest BCUT2D eigenvalue weighted by atomic mass is 35.5. The van der Waals surface area contributed by atoms with Crippen molar-refractivity contribution in [1.82, 2.24) is 5.32 Å². The lowest BCUT2D eigenvalue weighted by atomic mass is 10.0. The van der Waals surface area contributed by atoms with Crippen LogP contribution in [0.3, 0.4) is 0 Å². The zero-order valence-electron chi connectivity index (χ0n) is 16.2. The molecule has 0 fully saturated rings. The van der Waals surface area contributed by atoms with Crippen LogP contribution >= 0.6 is 23.2 Å². The van der Waals surface area contributed by atoms with Gasteiger partial charge in [0.05, 0.1) is 23.0 Å². The summed E-state index contributed by atoms with van der Waals surface area (Å²) >= 11 is 12.2. The number of anilines is 1. The zero-order valence-corrected chi connectivity index (χ0v) is 18.6. The van der Waals surface area contributed by atoms with E-state index in [0.717, 1.165) is 22.5 Å². The number of aryl methyl sites for hydroxylation is 1. The average Bonchev–Trinajstić information content (AvgIpc) is 2.63. The molecule has 0 unspecified atom stereocenters. The summed E-state index contributed by atoms with van der Waals surface area (Å²) in [6.07, 6.45) is 1.96. The van der Waals surface area contributed by atoms with Crippen molar-refractivity contribution < 1.29 is 13.2 Å². The maximum Gasteiger partial charge on any atom is 0.244 e. The van der Waals surface area contributed by atoms with Crippen molar-refractivity contribution in [2.45, 2.75) is 39.3 Å². The Kier molecular flexibility index (Phi) is 7.37. The molecule has 2 atom stereocenters. The standard InChI is InChI=1S/C20H24Cl2N2O3S/c1-5-15-6-8-16(9-7-15)13(2)23-20(25)14(3)24(28(4,26)27)19-12-17(21)10-11-18(19)22/h6-14H,5H2,1-4H3,(H,23,25)/t13-,14+/m0/s1. The molecule has 0 aliphatic carbocycles. The fourth-order valence-electron chi connectivity index (χ4n) is 2.90. The van der Waals surface area contributed by atoms with Crippen molar-refractivity contribution in [3.8, 4) is 0 Å². The van der Waals surface area contributed by atoms with Crippen LogP contribution in [-0.4, -0.2) is 26.6 Å². The third-order valence-electron chi connectivity index (χ3n) is 4.48. The number of benzene rings is 2. The van der Waals surface area contributed by atoms with Gasteiger partial charge in [-0.3, -0.25) is 9.10 Å². The average molecular weight is 443 g/mol. The molecule has 0 heterocycles. The highest BCUT2D eigenvalue weighted by Crippen LogP contribution is 2.32. The first-order valence-electron chi connectivity index (χ1n) is 8.88. The number of carbonyl (C=O) groups excluding carboxylic acids is 1. The van der Waals surface area contributed by atoms with E-state index in [-0.39, 0.29) is 16.8 Å². The maximum atomic E-state index is 12.8. The summed E-state index contributed by atoms with van der Waals surface area (Å²) in [5.41, 5.74) is 2.30. The summed E-state index contributed by atoms with van der Waals surface area (Å²) < 4.78 is 25.8. The fraction of sp³-hybridized carbons (Fsp3) is 0.350. The minimum absolute atomic E-state index is 0.166. The van der Waals surface area contributed by atoms with Crippen LogP contribution in [-0.2, 0) is 21.2 Å². The van der Waals surface area contributed by atoms with Gasteiger partial charge in [-0.05, 0) is 49.6 Å². The Morgan fingerprint density at radius 2 is 1.71 bits per heavy atom. The molecular weight excluding hydrogens is 419 g/mol. The fourth-order valence-corrected chi connectivity index (χ4v) is 4.50. The lowest BCUT2D eigenvalue weighted by Crippen LogP contribution is -2.48. The molecule has 0 bridgehead atoms. The van der Waals surface area contributed by atoms with Crippen LogP contribution in [0.4, 0.5) is 5.69 Å². The van der Waals surface area contributed by atoms with Crippen LogP contribution in [0.25, 0.3) is 0 Å². The Labute approximate surface area is 176 Å². The Bertz CT molecular complexity index is 946. The minimum Gasteiger partial charge on any atom is -0.348 e. The number of amides is 1. The highest BCUT2D eigenvalue weighted by molar-refractivity contribution is 7.92. The molecular formula is C20H24Cl2N2O3S. The number of nitrogens with one attached hydrogen (secondary N) is 1. The molecule has 0 aromatic heterocycles. The minimum atomic E-state index is -3.78. The van der Waals surface area contributed by atoms with E-state index in [2.05, 4.69) is 12.2 Å². The summed E-state index contributed by atoms with van der Waals surface area (Å²) in [7, 11) is -3.78. The Balaban J connectivity index is 2.27. The number of rotatable bonds is 7. The highest BCUT2D eigenvalue weighted by Gasteiger charge is 2.31. The molecule has 2 rings (SSSR count). The molecule has 8 heteroatoms. The van der Waals surface area contributed by atoms with E-state index in [1.807, 2.05) is 31.2 Å². The van der Waals surface area contributed by atoms with Crippen molar-refractivity contribution >= 4 is 44.8 Å². The zero-order chi connectivity index (χ0) is 21.1. The predicted molar refractivity (Wildman–Crippen MR) is 116 cm³/mol. The second-order valence-corrected chi connectivity index (χ2v) is 9.36. The third kappa shape index (κ3) is 5.40. The SMILES string of the molecule is CCc1ccc([C@H](C)NC(=O)[C@@H](C)N(c2cc(Cl)ccc2Cl)S(C)(=O)=O)cc1. The summed E-state index contributed by atoms with van der Waals surface area (Å²) in [4.78, 5) is 12.8. The normalized spacial score (nSPS) is 13.6. The van der Waals surface area contributed by atoms with Crippen LogP contribution in [0.5, 0.6) is 0 Å². The summed E-state index contributed by atoms with van der Waals surface area (Å²) in [6, 6.07) is 11.1. The van der Waals surface area contributed by atoms with E-state index in [9.17, 15) is 13.2 Å². The topological polar surface area (TPSA) is 66.5 Å². The first-order valence-corrected chi connectivity index (χ1v) is 11.5. The first-order chi connectivity index (χ1) is 13.0. The van der Waals surface area contributed by atoms with Crippen molar-refractivity contribution in [3.63, 3.8) is 0 Å². The number of nitrogens with zero attached hydrogens (tertiary/aromatic N) is 1. The molecule has 0 aliphatic rings. The molecule has 0 radical (unpaired) electrons. The molecule has 0 saturated carbocycles. The van der Waals surface area contributed by atoms with Gasteiger partial charge in [0.2, 0.25) is 15.9 Å². The van der Waals surface area contributed by atoms with Crippen LogP contribution in [0.15, 0.2) is 42.5 Å². The molecule has 2 aromatic carbocycles. The van der Waals surface area contributed by atoms with Gasteiger partial charge in [0, 0.05) is 5.02 Å². The van der Waals surface area contributed by atoms with Crippen molar-refractivity contribution in [2.24, 2.45) is 0 Å². The number of halogens is 2. The molecule has 28 heavy (non-hydrogen) atoms. The van der Waals surface area contributed by atoms with Gasteiger partial charge in [0.1, 0.15) is 6.04 Å². The lowest BCUT2D eigenvalue weighted by molar-refractivity contribution is -0.122. The monoisotopic (exact) mass is 442 g/mol. The van der Waals surface area contributed by atoms with E-state index in [0.29, 0.717) is 5.02 Å². The van der Waals surface area contributed by atoms with Gasteiger partial charge in [-0.2, -0.15) is 0 Å². The first kappa shape index (κ1) is 22.5. The van der Waals surface area contributed by atoms with E-state index >= 15 is 0 Å². The number of hydrogen-bond donors (Lipinski definition) is 1. The van der Waals surface area contributed by atoms with Crippen molar-refractivity contribution in [1.29, 1.82) is 0 Å². The number of carbonyl (C=O) groups is 1. The molecule has 152 valence electrons. The second-order valence-electron chi connectivity index (χ2n) is 6.66. The quantitative estimate of drug-likeness (QED) is 0.681. The van der Waals surface area contributed by atoms with Crippen LogP contribution in [0.2, 0.25) is 10.0 Å².